The molecule has 2 aromatic rings. The Morgan fingerprint density at radius 3 is 2.70 bits per heavy atom. The molecule has 122 valence electrons. The molecule has 0 aliphatic rings. The number of unbranched alkanes of at least 4 members (excludes halogenated alkanes) is 1. The van der Waals surface area contributed by atoms with Crippen LogP contribution >= 0.6 is 11.3 Å². The number of aromatic carboxylic acids is 1. The molecule has 0 bridgehead atoms. The van der Waals surface area contributed by atoms with Gasteiger partial charge in [0.2, 0.25) is 0 Å². The van der Waals surface area contributed by atoms with Gasteiger partial charge in [-0.3, -0.25) is 4.79 Å². The topological polar surface area (TPSA) is 69.6 Å². The fraction of sp³-hybridized carbons (Fsp3) is 0.294. The van der Waals surface area contributed by atoms with E-state index in [2.05, 4.69) is 12.2 Å². The number of rotatable bonds is 7. The first kappa shape index (κ1) is 17.0. The van der Waals surface area contributed by atoms with Crippen molar-refractivity contribution in [2.24, 2.45) is 0 Å². The molecule has 1 aromatic carbocycles. The summed E-state index contributed by atoms with van der Waals surface area (Å²) in [6, 6.07) is 8.50. The highest BCUT2D eigenvalue weighted by Crippen LogP contribution is 2.25. The highest BCUT2D eigenvalue weighted by atomic mass is 32.1. The molecule has 2 rings (SSSR count). The van der Waals surface area contributed by atoms with Crippen LogP contribution in [0.1, 0.15) is 39.8 Å². The van der Waals surface area contributed by atoms with Crippen LogP contribution in [0.2, 0.25) is 0 Å². The van der Waals surface area contributed by atoms with Crippen molar-refractivity contribution in [2.75, 3.05) is 23.8 Å². The Balaban J connectivity index is 2.21. The summed E-state index contributed by atoms with van der Waals surface area (Å²) in [6.45, 7) is 2.88. The van der Waals surface area contributed by atoms with Crippen molar-refractivity contribution >= 4 is 34.6 Å². The average Bonchev–Trinajstić information content (AvgIpc) is 3.07. The van der Waals surface area contributed by atoms with Crippen molar-refractivity contribution in [1.82, 2.24) is 0 Å². The predicted molar refractivity (Wildman–Crippen MR) is 93.9 cm³/mol. The van der Waals surface area contributed by atoms with Gasteiger partial charge in [-0.2, -0.15) is 0 Å². The maximum absolute atomic E-state index is 12.1. The smallest absolute Gasteiger partial charge is 0.337 e. The maximum atomic E-state index is 12.1. The van der Waals surface area contributed by atoms with Crippen molar-refractivity contribution in [2.45, 2.75) is 19.8 Å². The van der Waals surface area contributed by atoms with E-state index in [-0.39, 0.29) is 11.5 Å². The number of hydrogen-bond donors (Lipinski definition) is 2. The molecule has 0 unspecified atom stereocenters. The molecule has 23 heavy (non-hydrogen) atoms. The third kappa shape index (κ3) is 4.32. The van der Waals surface area contributed by atoms with E-state index in [9.17, 15) is 14.7 Å². The third-order valence-electron chi connectivity index (χ3n) is 3.49. The van der Waals surface area contributed by atoms with E-state index in [0.717, 1.165) is 19.4 Å². The van der Waals surface area contributed by atoms with Gasteiger partial charge < -0.3 is 15.3 Å². The fourth-order valence-electron chi connectivity index (χ4n) is 2.23. The van der Waals surface area contributed by atoms with Crippen molar-refractivity contribution in [3.63, 3.8) is 0 Å². The van der Waals surface area contributed by atoms with Crippen LogP contribution in [0.3, 0.4) is 0 Å². The van der Waals surface area contributed by atoms with Gasteiger partial charge in [0.05, 0.1) is 16.1 Å². The van der Waals surface area contributed by atoms with E-state index in [1.807, 2.05) is 17.3 Å². The summed E-state index contributed by atoms with van der Waals surface area (Å²) in [5, 5.41) is 14.0. The quantitative estimate of drug-likeness (QED) is 0.806. The molecule has 6 heteroatoms. The second-order valence-electron chi connectivity index (χ2n) is 5.24. The van der Waals surface area contributed by atoms with Gasteiger partial charge in [-0.05, 0) is 36.1 Å². The number of benzene rings is 1. The Morgan fingerprint density at radius 1 is 1.30 bits per heavy atom. The minimum Gasteiger partial charge on any atom is -0.478 e. The lowest BCUT2D eigenvalue weighted by Crippen LogP contribution is -2.21. The fourth-order valence-corrected chi connectivity index (χ4v) is 2.85. The number of carbonyl (C=O) groups excluding carboxylic acids is 1. The molecule has 0 spiro atoms. The zero-order valence-electron chi connectivity index (χ0n) is 13.2. The predicted octanol–water partition coefficient (Wildman–Crippen LogP) is 3.93. The van der Waals surface area contributed by atoms with E-state index in [4.69, 9.17) is 0 Å². The van der Waals surface area contributed by atoms with Crippen LogP contribution in [0.15, 0.2) is 35.7 Å². The van der Waals surface area contributed by atoms with Crippen molar-refractivity contribution < 1.29 is 14.7 Å². The Morgan fingerprint density at radius 2 is 2.09 bits per heavy atom. The second-order valence-corrected chi connectivity index (χ2v) is 6.19. The highest BCUT2D eigenvalue weighted by Gasteiger charge is 2.15. The Hall–Kier alpha value is -2.34. The van der Waals surface area contributed by atoms with Crippen molar-refractivity contribution in [1.29, 1.82) is 0 Å². The second kappa shape index (κ2) is 7.78. The average molecular weight is 332 g/mol. The largest absolute Gasteiger partial charge is 0.478 e. The first-order chi connectivity index (χ1) is 11.0. The minimum absolute atomic E-state index is 0.188. The van der Waals surface area contributed by atoms with Gasteiger partial charge in [0.1, 0.15) is 0 Å². The van der Waals surface area contributed by atoms with Gasteiger partial charge in [-0.25, -0.2) is 4.79 Å². The molecule has 0 aliphatic carbocycles. The first-order valence-corrected chi connectivity index (χ1v) is 8.34. The number of anilines is 2. The number of carbonyl (C=O) groups is 2. The lowest BCUT2D eigenvalue weighted by molar-refractivity contribution is 0.0697. The van der Waals surface area contributed by atoms with E-state index in [1.54, 1.807) is 24.3 Å². The molecule has 0 atom stereocenters. The number of amides is 1. The summed E-state index contributed by atoms with van der Waals surface area (Å²) in [5.74, 6) is -1.24. The van der Waals surface area contributed by atoms with Crippen LogP contribution in [-0.2, 0) is 0 Å². The lowest BCUT2D eigenvalue weighted by Gasteiger charge is -2.21. The number of nitrogens with zero attached hydrogens (tertiary/aromatic N) is 1. The minimum atomic E-state index is -1.00. The third-order valence-corrected chi connectivity index (χ3v) is 4.36. The monoisotopic (exact) mass is 332 g/mol. The van der Waals surface area contributed by atoms with Crippen molar-refractivity contribution in [3.05, 3.63) is 46.2 Å². The number of carboxylic acid groups (broad SMARTS) is 1. The summed E-state index contributed by atoms with van der Waals surface area (Å²) < 4.78 is 0. The van der Waals surface area contributed by atoms with Gasteiger partial charge in [0.25, 0.3) is 5.91 Å². The first-order valence-electron chi connectivity index (χ1n) is 7.46. The summed E-state index contributed by atoms with van der Waals surface area (Å²) in [7, 11) is 1.88. The van der Waals surface area contributed by atoms with Crippen LogP contribution in [-0.4, -0.2) is 30.6 Å². The maximum Gasteiger partial charge on any atom is 0.337 e. The molecular formula is C17H20N2O3S. The molecule has 1 aromatic heterocycles. The summed E-state index contributed by atoms with van der Waals surface area (Å²) in [6.07, 6.45) is 2.04. The van der Waals surface area contributed by atoms with Gasteiger partial charge in [0, 0.05) is 19.3 Å². The molecule has 1 heterocycles. The van der Waals surface area contributed by atoms with E-state index in [1.165, 1.54) is 17.4 Å². The Kier molecular flexibility index (Phi) is 5.76. The summed E-state index contributed by atoms with van der Waals surface area (Å²) in [4.78, 5) is 26.1. The van der Waals surface area contributed by atoms with Gasteiger partial charge in [-0.1, -0.05) is 19.4 Å². The van der Waals surface area contributed by atoms with E-state index in [0.29, 0.717) is 16.3 Å². The van der Waals surface area contributed by atoms with Crippen LogP contribution in [0, 0.1) is 0 Å². The molecular weight excluding hydrogens is 312 g/mol. The lowest BCUT2D eigenvalue weighted by atomic mass is 10.1. The van der Waals surface area contributed by atoms with E-state index < -0.39 is 5.97 Å². The van der Waals surface area contributed by atoms with Gasteiger partial charge >= 0.3 is 5.97 Å². The number of thiophene rings is 1. The van der Waals surface area contributed by atoms with Crippen LogP contribution in [0.25, 0.3) is 0 Å². The van der Waals surface area contributed by atoms with E-state index >= 15 is 0 Å². The van der Waals surface area contributed by atoms with Gasteiger partial charge in [-0.15, -0.1) is 11.3 Å². The van der Waals surface area contributed by atoms with Gasteiger partial charge in [0.15, 0.2) is 0 Å². The van der Waals surface area contributed by atoms with Crippen LogP contribution < -0.4 is 10.2 Å². The zero-order chi connectivity index (χ0) is 16.8. The zero-order valence-corrected chi connectivity index (χ0v) is 14.0. The normalized spacial score (nSPS) is 10.3. The molecule has 0 radical (unpaired) electrons. The van der Waals surface area contributed by atoms with Crippen molar-refractivity contribution in [3.8, 4) is 0 Å². The molecule has 0 saturated carbocycles. The molecule has 0 saturated heterocycles. The molecule has 2 N–H and O–H groups in total. The SMILES string of the molecule is CCCCN(C)c1ccc(NC(=O)c2cccs2)cc1C(=O)O. The number of carboxylic acids is 1. The number of hydrogen-bond acceptors (Lipinski definition) is 4. The summed E-state index contributed by atoms with van der Waals surface area (Å²) >= 11 is 1.34. The molecule has 0 fully saturated rings. The molecule has 5 nitrogen and oxygen atoms in total. The Labute approximate surface area is 139 Å². The highest BCUT2D eigenvalue weighted by molar-refractivity contribution is 7.12. The number of nitrogens with one attached hydrogen (secondary N) is 1. The van der Waals surface area contributed by atoms with Crippen LogP contribution in [0.4, 0.5) is 11.4 Å². The molecule has 0 aliphatic heterocycles. The van der Waals surface area contributed by atoms with Crippen LogP contribution in [0.5, 0.6) is 0 Å². The molecule has 1 amide bonds. The Bertz CT molecular complexity index is 683. The standard InChI is InChI=1S/C17H20N2O3S/c1-3-4-9-19(2)14-8-7-12(11-13(14)17(21)22)18-16(20)15-6-5-10-23-15/h5-8,10-11H,3-4,9H2,1-2H3,(H,18,20)(H,21,22). The summed E-state index contributed by atoms with van der Waals surface area (Å²) in [5.41, 5.74) is 1.32.